The summed E-state index contributed by atoms with van der Waals surface area (Å²) in [4.78, 5) is 15.8. The lowest BCUT2D eigenvalue weighted by Crippen LogP contribution is -2.03. The van der Waals surface area contributed by atoms with Gasteiger partial charge < -0.3 is 9.13 Å². The molecule has 3 heterocycles. The second-order valence-electron chi connectivity index (χ2n) is 16.4. The van der Waals surface area contributed by atoms with E-state index < -0.39 is 0 Å². The van der Waals surface area contributed by atoms with Crippen molar-refractivity contribution in [2.75, 3.05) is 0 Å². The van der Waals surface area contributed by atoms with Crippen LogP contribution in [0.3, 0.4) is 0 Å². The zero-order chi connectivity index (χ0) is 42.1. The van der Waals surface area contributed by atoms with Crippen molar-refractivity contribution in [1.82, 2.24) is 24.1 Å². The number of hydrogen-bond donors (Lipinski definition) is 0. The van der Waals surface area contributed by atoms with Crippen molar-refractivity contribution < 1.29 is 0 Å². The molecule has 0 spiro atoms. The van der Waals surface area contributed by atoms with Crippen molar-refractivity contribution >= 4 is 65.2 Å². The monoisotopic (exact) mass is 815 g/mol. The number of aromatic nitrogens is 5. The molecule has 0 amide bonds. The van der Waals surface area contributed by atoms with Crippen LogP contribution in [0, 0.1) is 0 Å². The molecule has 298 valence electrons. The Morgan fingerprint density at radius 3 is 1.44 bits per heavy atom. The Labute approximate surface area is 368 Å². The molecule has 0 saturated heterocycles. The van der Waals surface area contributed by atoms with Crippen molar-refractivity contribution in [2.24, 2.45) is 0 Å². The highest BCUT2D eigenvalue weighted by atomic mass is 15.1. The minimum atomic E-state index is 0.610. The molecular formula is C59H37N5. The van der Waals surface area contributed by atoms with Crippen molar-refractivity contribution in [3.05, 3.63) is 224 Å². The summed E-state index contributed by atoms with van der Waals surface area (Å²) in [7, 11) is 0. The standard InChI is InChI=1S/C59H37N5/c1-2-15-38(16-3-1)43-21-14-22-46(37-43)63-50-26-11-8-23-47(50)55-53(63)33-34-54-56(55)48-24-9-12-27-51(48)64(54)52-28-13-10-25-49(52)59-61-57(44-31-29-39-17-4-6-19-41(39)35-44)60-58(62-59)45-32-30-40-18-5-7-20-42(40)36-45/h1-37H. The highest BCUT2D eigenvalue weighted by Crippen LogP contribution is 2.44. The van der Waals surface area contributed by atoms with Gasteiger partial charge in [0.05, 0.1) is 27.8 Å². The normalized spacial score (nSPS) is 11.8. The fourth-order valence-electron chi connectivity index (χ4n) is 9.78. The molecule has 0 aliphatic rings. The quantitative estimate of drug-likeness (QED) is 0.168. The van der Waals surface area contributed by atoms with Crippen LogP contribution in [0.25, 0.3) is 122 Å². The number of fused-ring (bicyclic) bond motifs is 9. The van der Waals surface area contributed by atoms with Crippen LogP contribution in [0.5, 0.6) is 0 Å². The van der Waals surface area contributed by atoms with E-state index in [1.54, 1.807) is 0 Å². The lowest BCUT2D eigenvalue weighted by molar-refractivity contribution is 1.07. The third-order valence-electron chi connectivity index (χ3n) is 12.7. The Bertz CT molecular complexity index is 3870. The topological polar surface area (TPSA) is 48.5 Å². The Kier molecular flexibility index (Phi) is 8.15. The third-order valence-corrected chi connectivity index (χ3v) is 12.7. The van der Waals surface area contributed by atoms with Crippen molar-refractivity contribution in [2.45, 2.75) is 0 Å². The molecule has 10 aromatic carbocycles. The molecule has 0 unspecified atom stereocenters. The number of para-hydroxylation sites is 3. The van der Waals surface area contributed by atoms with E-state index in [0.717, 1.165) is 55.4 Å². The van der Waals surface area contributed by atoms with Gasteiger partial charge in [-0.1, -0.05) is 164 Å². The van der Waals surface area contributed by atoms with Gasteiger partial charge in [0.1, 0.15) is 0 Å². The number of rotatable bonds is 6. The van der Waals surface area contributed by atoms with E-state index in [0.29, 0.717) is 17.5 Å². The molecule has 5 heteroatoms. The van der Waals surface area contributed by atoms with Crippen LogP contribution in [-0.4, -0.2) is 24.1 Å². The Morgan fingerprint density at radius 1 is 0.281 bits per heavy atom. The molecule has 0 bridgehead atoms. The van der Waals surface area contributed by atoms with Crippen LogP contribution in [0.2, 0.25) is 0 Å². The SMILES string of the molecule is c1ccc(-c2cccc(-n3c4ccccc4c4c5c6ccccc6n(-c6ccccc6-c6nc(-c7ccc8ccccc8c7)nc(-c7ccc8ccccc8c7)n6)c5ccc43)c2)cc1. The first-order valence-corrected chi connectivity index (χ1v) is 21.7. The minimum absolute atomic E-state index is 0.610. The molecule has 0 aliphatic carbocycles. The largest absolute Gasteiger partial charge is 0.309 e. The van der Waals surface area contributed by atoms with Gasteiger partial charge in [0.15, 0.2) is 17.5 Å². The highest BCUT2D eigenvalue weighted by Gasteiger charge is 2.23. The Morgan fingerprint density at radius 2 is 0.781 bits per heavy atom. The molecule has 64 heavy (non-hydrogen) atoms. The van der Waals surface area contributed by atoms with Gasteiger partial charge in [0, 0.05) is 43.9 Å². The molecular weight excluding hydrogens is 779 g/mol. The summed E-state index contributed by atoms with van der Waals surface area (Å²) < 4.78 is 4.82. The van der Waals surface area contributed by atoms with Crippen LogP contribution in [0.1, 0.15) is 0 Å². The molecule has 0 N–H and O–H groups in total. The van der Waals surface area contributed by atoms with Gasteiger partial charge in [-0.2, -0.15) is 0 Å². The smallest absolute Gasteiger partial charge is 0.166 e. The van der Waals surface area contributed by atoms with Gasteiger partial charge >= 0.3 is 0 Å². The third kappa shape index (κ3) is 5.75. The minimum Gasteiger partial charge on any atom is -0.309 e. The molecule has 5 nitrogen and oxygen atoms in total. The lowest BCUT2D eigenvalue weighted by Gasteiger charge is -2.15. The van der Waals surface area contributed by atoms with Gasteiger partial charge in [0.25, 0.3) is 0 Å². The van der Waals surface area contributed by atoms with E-state index in [9.17, 15) is 0 Å². The first kappa shape index (κ1) is 36.0. The predicted molar refractivity (Wildman–Crippen MR) is 265 cm³/mol. The van der Waals surface area contributed by atoms with Gasteiger partial charge in [-0.25, -0.2) is 15.0 Å². The van der Waals surface area contributed by atoms with Gasteiger partial charge in [-0.05, 0) is 93.3 Å². The average Bonchev–Trinajstić information content (AvgIpc) is 3.89. The summed E-state index contributed by atoms with van der Waals surface area (Å²) in [5, 5.41) is 9.44. The summed E-state index contributed by atoms with van der Waals surface area (Å²) in [6, 6.07) is 79.9. The second kappa shape index (κ2) is 14.5. The molecule has 13 rings (SSSR count). The molecule has 0 radical (unpaired) electrons. The average molecular weight is 816 g/mol. The molecule has 3 aromatic heterocycles. The Hall–Kier alpha value is -8.67. The maximum Gasteiger partial charge on any atom is 0.166 e. The summed E-state index contributed by atoms with van der Waals surface area (Å²) in [5.41, 5.74) is 11.8. The number of benzene rings is 10. The van der Waals surface area contributed by atoms with Crippen LogP contribution in [-0.2, 0) is 0 Å². The molecule has 0 atom stereocenters. The molecule has 0 fully saturated rings. The van der Waals surface area contributed by atoms with E-state index in [-0.39, 0.29) is 0 Å². The van der Waals surface area contributed by atoms with Crippen LogP contribution in [0.4, 0.5) is 0 Å². The van der Waals surface area contributed by atoms with Crippen molar-refractivity contribution in [1.29, 1.82) is 0 Å². The number of nitrogens with zero attached hydrogens (tertiary/aromatic N) is 5. The maximum atomic E-state index is 5.32. The molecule has 0 aliphatic heterocycles. The highest BCUT2D eigenvalue weighted by molar-refractivity contribution is 6.29. The summed E-state index contributed by atoms with van der Waals surface area (Å²) in [5.74, 6) is 1.86. The first-order valence-electron chi connectivity index (χ1n) is 21.7. The summed E-state index contributed by atoms with van der Waals surface area (Å²) in [6.45, 7) is 0. The van der Waals surface area contributed by atoms with Crippen LogP contribution >= 0.6 is 0 Å². The summed E-state index contributed by atoms with van der Waals surface area (Å²) in [6.07, 6.45) is 0. The van der Waals surface area contributed by atoms with E-state index in [1.807, 2.05) is 0 Å². The van der Waals surface area contributed by atoms with Gasteiger partial charge in [-0.15, -0.1) is 0 Å². The number of hydrogen-bond acceptors (Lipinski definition) is 3. The van der Waals surface area contributed by atoms with E-state index in [2.05, 4.69) is 234 Å². The van der Waals surface area contributed by atoms with E-state index in [4.69, 9.17) is 15.0 Å². The fraction of sp³-hybridized carbons (Fsp3) is 0. The van der Waals surface area contributed by atoms with Crippen LogP contribution < -0.4 is 0 Å². The predicted octanol–water partition coefficient (Wildman–Crippen LogP) is 15.0. The van der Waals surface area contributed by atoms with Gasteiger partial charge in [0.2, 0.25) is 0 Å². The van der Waals surface area contributed by atoms with E-state index >= 15 is 0 Å². The van der Waals surface area contributed by atoms with Crippen molar-refractivity contribution in [3.63, 3.8) is 0 Å². The van der Waals surface area contributed by atoms with E-state index in [1.165, 1.54) is 49.0 Å². The first-order chi connectivity index (χ1) is 31.7. The molecule has 13 aromatic rings. The van der Waals surface area contributed by atoms with Gasteiger partial charge in [-0.3, -0.25) is 0 Å². The fourth-order valence-corrected chi connectivity index (χ4v) is 9.78. The molecule has 0 saturated carbocycles. The zero-order valence-corrected chi connectivity index (χ0v) is 34.6. The van der Waals surface area contributed by atoms with Crippen molar-refractivity contribution in [3.8, 4) is 56.7 Å². The maximum absolute atomic E-state index is 5.32. The Balaban J connectivity index is 1.05. The zero-order valence-electron chi connectivity index (χ0n) is 34.6. The summed E-state index contributed by atoms with van der Waals surface area (Å²) >= 11 is 0. The lowest BCUT2D eigenvalue weighted by atomic mass is 10.0. The second-order valence-corrected chi connectivity index (χ2v) is 16.4. The van der Waals surface area contributed by atoms with Crippen LogP contribution in [0.15, 0.2) is 224 Å².